The quantitative estimate of drug-likeness (QED) is 0.844. The largest absolute Gasteiger partial charge is 0.368 e. The number of piperazine rings is 1. The maximum Gasteiger partial charge on any atom is 0.271 e. The van der Waals surface area contributed by atoms with Crippen molar-refractivity contribution in [2.45, 2.75) is 13.3 Å². The summed E-state index contributed by atoms with van der Waals surface area (Å²) in [6.45, 7) is 4.72. The number of amides is 2. The SMILES string of the molecule is Cc1cccc(N2NC(C(=O)N3CCN(c4ccc(Cl)cc4)CC3)=CCC2=O)c1. The number of halogens is 1. The summed E-state index contributed by atoms with van der Waals surface area (Å²) in [7, 11) is 0. The first-order valence-electron chi connectivity index (χ1n) is 9.67. The van der Waals surface area contributed by atoms with Crippen LogP contribution in [0.3, 0.4) is 0 Å². The van der Waals surface area contributed by atoms with Gasteiger partial charge in [0.05, 0.1) is 5.69 Å². The van der Waals surface area contributed by atoms with Crippen molar-refractivity contribution >= 4 is 34.8 Å². The second-order valence-corrected chi connectivity index (χ2v) is 7.69. The van der Waals surface area contributed by atoms with Gasteiger partial charge in [0.2, 0.25) is 5.91 Å². The first kappa shape index (κ1) is 19.3. The molecule has 2 amide bonds. The third kappa shape index (κ3) is 4.22. The number of benzene rings is 2. The molecule has 1 N–H and O–H groups in total. The summed E-state index contributed by atoms with van der Waals surface area (Å²) >= 11 is 5.96. The summed E-state index contributed by atoms with van der Waals surface area (Å²) in [5.41, 5.74) is 6.36. The summed E-state index contributed by atoms with van der Waals surface area (Å²) in [6.07, 6.45) is 1.88. The van der Waals surface area contributed by atoms with Crippen LogP contribution in [-0.4, -0.2) is 42.9 Å². The molecule has 1 saturated heterocycles. The zero-order valence-electron chi connectivity index (χ0n) is 16.3. The highest BCUT2D eigenvalue weighted by atomic mass is 35.5. The minimum atomic E-state index is -0.0836. The topological polar surface area (TPSA) is 55.9 Å². The molecule has 0 spiro atoms. The number of carbonyl (C=O) groups is 2. The first-order valence-corrected chi connectivity index (χ1v) is 10.1. The predicted molar refractivity (Wildman–Crippen MR) is 115 cm³/mol. The Labute approximate surface area is 175 Å². The summed E-state index contributed by atoms with van der Waals surface area (Å²) < 4.78 is 0. The van der Waals surface area contributed by atoms with Crippen molar-refractivity contribution in [1.29, 1.82) is 0 Å². The molecule has 2 heterocycles. The molecule has 4 rings (SSSR count). The molecule has 0 bridgehead atoms. The molecule has 6 nitrogen and oxygen atoms in total. The predicted octanol–water partition coefficient (Wildman–Crippen LogP) is 3.12. The van der Waals surface area contributed by atoms with Crippen LogP contribution in [0.5, 0.6) is 0 Å². The third-order valence-electron chi connectivity index (χ3n) is 5.21. The van der Waals surface area contributed by atoms with Crippen molar-refractivity contribution in [2.75, 3.05) is 36.1 Å². The smallest absolute Gasteiger partial charge is 0.271 e. The number of aryl methyl sites for hydroxylation is 1. The molecule has 0 aliphatic carbocycles. The lowest BCUT2D eigenvalue weighted by molar-refractivity contribution is -0.128. The lowest BCUT2D eigenvalue weighted by Crippen LogP contribution is -2.53. The summed E-state index contributed by atoms with van der Waals surface area (Å²) in [6, 6.07) is 15.4. The van der Waals surface area contributed by atoms with Gasteiger partial charge in [0.15, 0.2) is 0 Å². The molecule has 1 fully saturated rings. The Morgan fingerprint density at radius 1 is 1.00 bits per heavy atom. The molecule has 2 aliphatic rings. The highest BCUT2D eigenvalue weighted by Gasteiger charge is 2.29. The van der Waals surface area contributed by atoms with Gasteiger partial charge in [-0.3, -0.25) is 15.0 Å². The van der Waals surface area contributed by atoms with Crippen LogP contribution < -0.4 is 15.3 Å². The van der Waals surface area contributed by atoms with Crippen LogP contribution in [0, 0.1) is 6.92 Å². The van der Waals surface area contributed by atoms with Gasteiger partial charge in [-0.05, 0) is 55.0 Å². The fourth-order valence-electron chi connectivity index (χ4n) is 3.61. The Hall–Kier alpha value is -2.99. The second kappa shape index (κ2) is 8.17. The summed E-state index contributed by atoms with van der Waals surface area (Å²) in [4.78, 5) is 29.4. The van der Waals surface area contributed by atoms with E-state index in [4.69, 9.17) is 11.6 Å². The van der Waals surface area contributed by atoms with Crippen LogP contribution in [0.25, 0.3) is 0 Å². The van der Waals surface area contributed by atoms with Crippen LogP contribution in [-0.2, 0) is 9.59 Å². The first-order chi connectivity index (χ1) is 14.0. The van der Waals surface area contributed by atoms with Crippen molar-refractivity contribution in [2.24, 2.45) is 0 Å². The van der Waals surface area contributed by atoms with Crippen LogP contribution in [0.15, 0.2) is 60.3 Å². The molecule has 0 aromatic heterocycles. The van der Waals surface area contributed by atoms with Gasteiger partial charge < -0.3 is 9.80 Å². The standard InChI is InChI=1S/C22H23ClN4O2/c1-16-3-2-4-19(15-16)27-21(28)10-9-20(24-27)22(29)26-13-11-25(12-14-26)18-7-5-17(23)6-8-18/h2-9,15,24H,10-14H2,1H3. The molecule has 0 atom stereocenters. The minimum absolute atomic E-state index is 0.0779. The van der Waals surface area contributed by atoms with E-state index >= 15 is 0 Å². The van der Waals surface area contributed by atoms with Gasteiger partial charge in [0.25, 0.3) is 5.91 Å². The lowest BCUT2D eigenvalue weighted by atomic mass is 10.2. The number of hydrogen-bond acceptors (Lipinski definition) is 4. The van der Waals surface area contributed by atoms with Gasteiger partial charge in [0, 0.05) is 43.3 Å². The van der Waals surface area contributed by atoms with E-state index in [0.717, 1.165) is 30.0 Å². The molecule has 2 aliphatic heterocycles. The van der Waals surface area contributed by atoms with E-state index in [-0.39, 0.29) is 18.2 Å². The minimum Gasteiger partial charge on any atom is -0.368 e. The molecule has 29 heavy (non-hydrogen) atoms. The number of anilines is 2. The molecule has 0 radical (unpaired) electrons. The van der Waals surface area contributed by atoms with Gasteiger partial charge in [0.1, 0.15) is 5.70 Å². The van der Waals surface area contributed by atoms with E-state index in [9.17, 15) is 9.59 Å². The van der Waals surface area contributed by atoms with Crippen molar-refractivity contribution < 1.29 is 9.59 Å². The zero-order chi connectivity index (χ0) is 20.4. The molecule has 0 saturated carbocycles. The summed E-state index contributed by atoms with van der Waals surface area (Å²) in [5.74, 6) is -0.161. The van der Waals surface area contributed by atoms with E-state index in [1.165, 1.54) is 5.01 Å². The zero-order valence-corrected chi connectivity index (χ0v) is 17.0. The Kier molecular flexibility index (Phi) is 5.45. The van der Waals surface area contributed by atoms with Crippen LogP contribution in [0.2, 0.25) is 5.02 Å². The third-order valence-corrected chi connectivity index (χ3v) is 5.46. The molecule has 150 valence electrons. The highest BCUT2D eigenvalue weighted by molar-refractivity contribution is 6.30. The molecule has 7 heteroatoms. The second-order valence-electron chi connectivity index (χ2n) is 7.26. The Bertz CT molecular complexity index is 950. The molecule has 2 aromatic carbocycles. The van der Waals surface area contributed by atoms with Gasteiger partial charge in [-0.15, -0.1) is 0 Å². The molecular weight excluding hydrogens is 388 g/mol. The normalized spacial score (nSPS) is 17.1. The fourth-order valence-corrected chi connectivity index (χ4v) is 3.74. The number of rotatable bonds is 3. The van der Waals surface area contributed by atoms with Crippen molar-refractivity contribution in [3.8, 4) is 0 Å². The highest BCUT2D eigenvalue weighted by Crippen LogP contribution is 2.22. The van der Waals surface area contributed by atoms with Gasteiger partial charge >= 0.3 is 0 Å². The number of nitrogens with zero attached hydrogens (tertiary/aromatic N) is 3. The number of nitrogens with one attached hydrogen (secondary N) is 1. The van der Waals surface area contributed by atoms with Gasteiger partial charge in [-0.1, -0.05) is 23.7 Å². The number of hydrogen-bond donors (Lipinski definition) is 1. The average molecular weight is 411 g/mol. The number of carbonyl (C=O) groups excluding carboxylic acids is 2. The Morgan fingerprint density at radius 2 is 1.72 bits per heavy atom. The van der Waals surface area contributed by atoms with Crippen LogP contribution >= 0.6 is 11.6 Å². The Balaban J connectivity index is 1.41. The maximum atomic E-state index is 13.0. The maximum absolute atomic E-state index is 13.0. The summed E-state index contributed by atoms with van der Waals surface area (Å²) in [5, 5.41) is 2.18. The molecule has 0 unspecified atom stereocenters. The van der Waals surface area contributed by atoms with Gasteiger partial charge in [-0.2, -0.15) is 0 Å². The average Bonchev–Trinajstić information content (AvgIpc) is 2.74. The van der Waals surface area contributed by atoms with Crippen LogP contribution in [0.4, 0.5) is 11.4 Å². The van der Waals surface area contributed by atoms with Crippen molar-refractivity contribution in [3.05, 3.63) is 70.9 Å². The Morgan fingerprint density at radius 3 is 2.41 bits per heavy atom. The van der Waals surface area contributed by atoms with E-state index < -0.39 is 0 Å². The van der Waals surface area contributed by atoms with Crippen molar-refractivity contribution in [3.63, 3.8) is 0 Å². The number of hydrazine groups is 1. The van der Waals surface area contributed by atoms with Gasteiger partial charge in [-0.25, -0.2) is 5.01 Å². The molecule has 2 aromatic rings. The van der Waals surface area contributed by atoms with E-state index in [1.807, 2.05) is 60.4 Å². The molecular formula is C22H23ClN4O2. The monoisotopic (exact) mass is 410 g/mol. The van der Waals surface area contributed by atoms with E-state index in [0.29, 0.717) is 23.8 Å². The van der Waals surface area contributed by atoms with E-state index in [1.54, 1.807) is 6.08 Å². The van der Waals surface area contributed by atoms with E-state index in [2.05, 4.69) is 10.3 Å². The van der Waals surface area contributed by atoms with Crippen molar-refractivity contribution in [1.82, 2.24) is 10.3 Å². The van der Waals surface area contributed by atoms with Crippen LogP contribution in [0.1, 0.15) is 12.0 Å². The fraction of sp³-hybridized carbons (Fsp3) is 0.273. The lowest BCUT2D eigenvalue weighted by Gasteiger charge is -2.37.